The van der Waals surface area contributed by atoms with Crippen molar-refractivity contribution in [3.05, 3.63) is 30.1 Å². The van der Waals surface area contributed by atoms with Gasteiger partial charge >= 0.3 is 0 Å². The average molecular weight is 204 g/mol. The first kappa shape index (κ1) is 9.67. The Kier molecular flexibility index (Phi) is 2.64. The normalized spacial score (nSPS) is 10.3. The van der Waals surface area contributed by atoms with E-state index in [4.69, 9.17) is 10.5 Å². The predicted molar refractivity (Wildman–Crippen MR) is 56.3 cm³/mol. The molecule has 15 heavy (non-hydrogen) atoms. The predicted octanol–water partition coefficient (Wildman–Crippen LogP) is 0.939. The fourth-order valence-electron chi connectivity index (χ4n) is 1.27. The van der Waals surface area contributed by atoms with Gasteiger partial charge in [-0.3, -0.25) is 5.10 Å². The molecule has 5 nitrogen and oxygen atoms in total. The van der Waals surface area contributed by atoms with Crippen LogP contribution < -0.4 is 10.5 Å². The van der Waals surface area contributed by atoms with Gasteiger partial charge in [-0.2, -0.15) is 5.10 Å². The highest BCUT2D eigenvalue weighted by Crippen LogP contribution is 2.18. The second-order valence-electron chi connectivity index (χ2n) is 3.07. The highest BCUT2D eigenvalue weighted by Gasteiger charge is 2.03. The molecule has 78 valence electrons. The molecular formula is C10H12N4O. The Morgan fingerprint density at radius 2 is 2.33 bits per heavy atom. The topological polar surface area (TPSA) is 76.8 Å². The summed E-state index contributed by atoms with van der Waals surface area (Å²) in [5.41, 5.74) is 8.16. The number of aromatic amines is 1. The Hall–Kier alpha value is -1.88. The molecule has 5 heteroatoms. The molecule has 2 rings (SSSR count). The zero-order valence-corrected chi connectivity index (χ0v) is 8.40. The number of methoxy groups -OCH3 is 1. The molecule has 0 saturated heterocycles. The van der Waals surface area contributed by atoms with Gasteiger partial charge in [0, 0.05) is 30.1 Å². The second-order valence-corrected chi connectivity index (χ2v) is 3.07. The molecule has 2 heterocycles. The van der Waals surface area contributed by atoms with Crippen molar-refractivity contribution >= 4 is 0 Å². The van der Waals surface area contributed by atoms with Crippen LogP contribution >= 0.6 is 0 Å². The first-order valence-electron chi connectivity index (χ1n) is 4.58. The first-order chi connectivity index (χ1) is 7.33. The van der Waals surface area contributed by atoms with Crippen LogP contribution in [-0.2, 0) is 6.54 Å². The van der Waals surface area contributed by atoms with Crippen molar-refractivity contribution in [3.8, 4) is 17.1 Å². The zero-order chi connectivity index (χ0) is 10.7. The Morgan fingerprint density at radius 3 is 2.87 bits per heavy atom. The molecule has 0 saturated carbocycles. The Bertz CT molecular complexity index is 435. The van der Waals surface area contributed by atoms with Crippen molar-refractivity contribution in [3.63, 3.8) is 0 Å². The highest BCUT2D eigenvalue weighted by atomic mass is 16.5. The number of nitrogens with zero attached hydrogens (tertiary/aromatic N) is 2. The molecule has 2 aromatic rings. The van der Waals surface area contributed by atoms with Gasteiger partial charge in [0.1, 0.15) is 0 Å². The lowest BCUT2D eigenvalue weighted by molar-refractivity contribution is 0.398. The number of rotatable bonds is 3. The minimum Gasteiger partial charge on any atom is -0.481 e. The number of H-pyrrole nitrogens is 1. The summed E-state index contributed by atoms with van der Waals surface area (Å²) in [6.45, 7) is 0.455. The summed E-state index contributed by atoms with van der Waals surface area (Å²) >= 11 is 0. The molecule has 0 spiro atoms. The van der Waals surface area contributed by atoms with Crippen LogP contribution in [0.15, 0.2) is 24.4 Å². The van der Waals surface area contributed by atoms with E-state index >= 15 is 0 Å². The van der Waals surface area contributed by atoms with Crippen LogP contribution in [0.4, 0.5) is 0 Å². The molecule has 0 amide bonds. The van der Waals surface area contributed by atoms with Gasteiger partial charge in [-0.25, -0.2) is 4.98 Å². The van der Waals surface area contributed by atoms with Crippen LogP contribution in [0.5, 0.6) is 5.88 Å². The SMILES string of the molecule is COc1ccc(-c2cc(CN)[nH]n2)cn1. The van der Waals surface area contributed by atoms with Gasteiger partial charge in [-0.05, 0) is 12.1 Å². The van der Waals surface area contributed by atoms with Crippen molar-refractivity contribution in [2.75, 3.05) is 7.11 Å². The van der Waals surface area contributed by atoms with E-state index in [1.165, 1.54) is 0 Å². The third kappa shape index (κ3) is 1.97. The van der Waals surface area contributed by atoms with Crippen LogP contribution in [0.3, 0.4) is 0 Å². The molecular weight excluding hydrogens is 192 g/mol. The van der Waals surface area contributed by atoms with E-state index in [0.717, 1.165) is 17.0 Å². The number of nitrogens with one attached hydrogen (secondary N) is 1. The summed E-state index contributed by atoms with van der Waals surface area (Å²) in [6.07, 6.45) is 1.72. The Morgan fingerprint density at radius 1 is 1.47 bits per heavy atom. The van der Waals surface area contributed by atoms with E-state index in [2.05, 4.69) is 15.2 Å². The maximum Gasteiger partial charge on any atom is 0.212 e. The zero-order valence-electron chi connectivity index (χ0n) is 8.40. The summed E-state index contributed by atoms with van der Waals surface area (Å²) in [5.74, 6) is 0.591. The molecule has 0 aliphatic carbocycles. The number of nitrogens with two attached hydrogens (primary N) is 1. The van der Waals surface area contributed by atoms with E-state index in [1.54, 1.807) is 19.4 Å². The van der Waals surface area contributed by atoms with Gasteiger partial charge < -0.3 is 10.5 Å². The van der Waals surface area contributed by atoms with Gasteiger partial charge in [-0.15, -0.1) is 0 Å². The lowest BCUT2D eigenvalue weighted by Crippen LogP contribution is -1.95. The van der Waals surface area contributed by atoms with Crippen LogP contribution in [0, 0.1) is 0 Å². The van der Waals surface area contributed by atoms with Crippen LogP contribution in [0.1, 0.15) is 5.69 Å². The second kappa shape index (κ2) is 4.10. The van der Waals surface area contributed by atoms with Crippen molar-refractivity contribution in [1.29, 1.82) is 0 Å². The van der Waals surface area contributed by atoms with E-state index < -0.39 is 0 Å². The van der Waals surface area contributed by atoms with E-state index in [9.17, 15) is 0 Å². The minimum atomic E-state index is 0.455. The van der Waals surface area contributed by atoms with E-state index in [-0.39, 0.29) is 0 Å². The number of hydrogen-bond acceptors (Lipinski definition) is 4. The number of aromatic nitrogens is 3. The molecule has 0 aliphatic rings. The largest absolute Gasteiger partial charge is 0.481 e. The van der Waals surface area contributed by atoms with E-state index in [0.29, 0.717) is 12.4 Å². The Labute approximate surface area is 87.3 Å². The van der Waals surface area contributed by atoms with Crippen LogP contribution in [-0.4, -0.2) is 22.3 Å². The third-order valence-corrected chi connectivity index (χ3v) is 2.09. The first-order valence-corrected chi connectivity index (χ1v) is 4.58. The smallest absolute Gasteiger partial charge is 0.212 e. The van der Waals surface area contributed by atoms with Crippen LogP contribution in [0.2, 0.25) is 0 Å². The molecule has 0 unspecified atom stereocenters. The van der Waals surface area contributed by atoms with Gasteiger partial charge in [0.2, 0.25) is 5.88 Å². The fourth-order valence-corrected chi connectivity index (χ4v) is 1.27. The summed E-state index contributed by atoms with van der Waals surface area (Å²) in [4.78, 5) is 4.10. The molecule has 3 N–H and O–H groups in total. The third-order valence-electron chi connectivity index (χ3n) is 2.09. The summed E-state index contributed by atoms with van der Waals surface area (Å²) in [6, 6.07) is 5.61. The molecule has 0 aliphatic heterocycles. The van der Waals surface area contributed by atoms with E-state index in [1.807, 2.05) is 12.1 Å². The van der Waals surface area contributed by atoms with Crippen molar-refractivity contribution in [2.24, 2.45) is 5.73 Å². The Balaban J connectivity index is 2.28. The quantitative estimate of drug-likeness (QED) is 0.780. The lowest BCUT2D eigenvalue weighted by Gasteiger charge is -1.98. The highest BCUT2D eigenvalue weighted by molar-refractivity contribution is 5.58. The molecule has 2 aromatic heterocycles. The molecule has 0 bridgehead atoms. The summed E-state index contributed by atoms with van der Waals surface area (Å²) in [7, 11) is 1.59. The number of ether oxygens (including phenoxy) is 1. The van der Waals surface area contributed by atoms with Crippen molar-refractivity contribution < 1.29 is 4.74 Å². The average Bonchev–Trinajstić information content (AvgIpc) is 2.78. The standard InChI is InChI=1S/C10H12N4O/c1-15-10-3-2-7(6-12-10)9-4-8(5-11)13-14-9/h2-4,6H,5,11H2,1H3,(H,13,14). The fraction of sp³-hybridized carbons (Fsp3) is 0.200. The number of hydrogen-bond donors (Lipinski definition) is 2. The van der Waals surface area contributed by atoms with Gasteiger partial charge in [0.25, 0.3) is 0 Å². The molecule has 0 fully saturated rings. The maximum absolute atomic E-state index is 5.48. The van der Waals surface area contributed by atoms with Gasteiger partial charge in [-0.1, -0.05) is 0 Å². The lowest BCUT2D eigenvalue weighted by atomic mass is 10.2. The minimum absolute atomic E-state index is 0.455. The monoisotopic (exact) mass is 204 g/mol. The molecule has 0 radical (unpaired) electrons. The van der Waals surface area contributed by atoms with Crippen LogP contribution in [0.25, 0.3) is 11.3 Å². The molecule has 0 atom stereocenters. The molecule has 0 aromatic carbocycles. The number of pyridine rings is 1. The van der Waals surface area contributed by atoms with Gasteiger partial charge in [0.05, 0.1) is 12.8 Å². The summed E-state index contributed by atoms with van der Waals surface area (Å²) in [5, 5.41) is 6.98. The van der Waals surface area contributed by atoms with Crippen molar-refractivity contribution in [2.45, 2.75) is 6.54 Å². The maximum atomic E-state index is 5.48. The van der Waals surface area contributed by atoms with Crippen molar-refractivity contribution in [1.82, 2.24) is 15.2 Å². The van der Waals surface area contributed by atoms with Gasteiger partial charge in [0.15, 0.2) is 0 Å². The summed E-state index contributed by atoms with van der Waals surface area (Å²) < 4.78 is 4.97.